The fourth-order valence-electron chi connectivity index (χ4n) is 1.26. The number of ether oxygens (including phenoxy) is 1. The van der Waals surface area contributed by atoms with Crippen molar-refractivity contribution in [2.75, 3.05) is 6.61 Å². The third-order valence-electron chi connectivity index (χ3n) is 2.45. The third-order valence-corrected chi connectivity index (χ3v) is 2.45. The van der Waals surface area contributed by atoms with Gasteiger partial charge in [-0.25, -0.2) is 0 Å². The molecule has 0 aromatic heterocycles. The second kappa shape index (κ2) is 6.37. The summed E-state index contributed by atoms with van der Waals surface area (Å²) >= 11 is 0. The van der Waals surface area contributed by atoms with Crippen molar-refractivity contribution in [2.45, 2.75) is 34.6 Å². The van der Waals surface area contributed by atoms with Gasteiger partial charge in [-0.2, -0.15) is 0 Å². The van der Waals surface area contributed by atoms with Crippen LogP contribution in [-0.4, -0.2) is 6.61 Å². The molecule has 0 atom stereocenters. The summed E-state index contributed by atoms with van der Waals surface area (Å²) in [5, 5.41) is 0. The van der Waals surface area contributed by atoms with Crippen LogP contribution in [0, 0.1) is 5.41 Å². The van der Waals surface area contributed by atoms with Gasteiger partial charge < -0.3 is 4.74 Å². The van der Waals surface area contributed by atoms with Crippen LogP contribution in [0.3, 0.4) is 0 Å². The van der Waals surface area contributed by atoms with E-state index in [1.807, 2.05) is 19.1 Å². The van der Waals surface area contributed by atoms with Crippen LogP contribution in [-0.2, 0) is 4.74 Å². The van der Waals surface area contributed by atoms with Gasteiger partial charge in [0.15, 0.2) is 0 Å². The van der Waals surface area contributed by atoms with Gasteiger partial charge in [-0.3, -0.25) is 0 Å². The monoisotopic (exact) mass is 220 g/mol. The smallest absolute Gasteiger partial charge is 0.106 e. The second-order valence-electron chi connectivity index (χ2n) is 4.85. The summed E-state index contributed by atoms with van der Waals surface area (Å²) in [4.78, 5) is 0. The number of hydrogen-bond acceptors (Lipinski definition) is 1. The highest BCUT2D eigenvalue weighted by Crippen LogP contribution is 2.31. The summed E-state index contributed by atoms with van der Waals surface area (Å²) in [7, 11) is 0. The van der Waals surface area contributed by atoms with Crippen molar-refractivity contribution < 1.29 is 4.74 Å². The molecule has 0 spiro atoms. The SMILES string of the molecule is C=CC(C)(C)/C(=C/OCC=C(C)C)C(=C)C. The molecule has 0 bridgehead atoms. The van der Waals surface area contributed by atoms with Gasteiger partial charge in [0, 0.05) is 5.41 Å². The van der Waals surface area contributed by atoms with Crippen molar-refractivity contribution >= 4 is 0 Å². The van der Waals surface area contributed by atoms with Crippen molar-refractivity contribution in [1.29, 1.82) is 0 Å². The molecule has 0 radical (unpaired) electrons. The van der Waals surface area contributed by atoms with E-state index in [2.05, 4.69) is 40.9 Å². The Balaban J connectivity index is 4.68. The fraction of sp³-hybridized carbons (Fsp3) is 0.467. The van der Waals surface area contributed by atoms with Crippen molar-refractivity contribution in [2.24, 2.45) is 5.41 Å². The maximum atomic E-state index is 5.51. The van der Waals surface area contributed by atoms with Crippen LogP contribution in [0.5, 0.6) is 0 Å². The maximum Gasteiger partial charge on any atom is 0.106 e. The molecule has 0 aliphatic rings. The van der Waals surface area contributed by atoms with Gasteiger partial charge in [-0.1, -0.05) is 37.6 Å². The van der Waals surface area contributed by atoms with Gasteiger partial charge in [-0.15, -0.1) is 6.58 Å². The first-order chi connectivity index (χ1) is 7.31. The highest BCUT2D eigenvalue weighted by Gasteiger charge is 2.20. The van der Waals surface area contributed by atoms with E-state index >= 15 is 0 Å². The van der Waals surface area contributed by atoms with E-state index in [-0.39, 0.29) is 5.41 Å². The molecular weight excluding hydrogens is 196 g/mol. The molecule has 0 aliphatic carbocycles. The Bertz CT molecular complexity index is 312. The van der Waals surface area contributed by atoms with Crippen LogP contribution in [0.2, 0.25) is 0 Å². The van der Waals surface area contributed by atoms with Gasteiger partial charge in [0.05, 0.1) is 6.26 Å². The third kappa shape index (κ3) is 5.01. The summed E-state index contributed by atoms with van der Waals surface area (Å²) in [6.07, 6.45) is 5.76. The molecule has 0 aromatic rings. The first kappa shape index (κ1) is 14.8. The Morgan fingerprint density at radius 2 is 1.81 bits per heavy atom. The minimum absolute atomic E-state index is 0.100. The molecule has 0 N–H and O–H groups in total. The van der Waals surface area contributed by atoms with Crippen molar-refractivity contribution in [3.63, 3.8) is 0 Å². The lowest BCUT2D eigenvalue weighted by molar-refractivity contribution is 0.280. The highest BCUT2D eigenvalue weighted by atomic mass is 16.5. The minimum Gasteiger partial charge on any atom is -0.497 e. The van der Waals surface area contributed by atoms with Gasteiger partial charge in [0.2, 0.25) is 0 Å². The average molecular weight is 220 g/mol. The largest absolute Gasteiger partial charge is 0.497 e. The van der Waals surface area contributed by atoms with Crippen LogP contribution in [0.4, 0.5) is 0 Å². The molecular formula is C15H24O. The molecule has 0 fully saturated rings. The standard InChI is InChI=1S/C15H24O/c1-8-15(6,7)14(13(4)5)11-16-10-9-12(2)3/h8-9,11H,1,4,10H2,2-3,5-7H3/b14-11+. The van der Waals surface area contributed by atoms with Crippen LogP contribution in [0.1, 0.15) is 34.6 Å². The average Bonchev–Trinajstić information content (AvgIpc) is 2.16. The summed E-state index contributed by atoms with van der Waals surface area (Å²) in [6, 6.07) is 0. The Morgan fingerprint density at radius 1 is 1.25 bits per heavy atom. The van der Waals surface area contributed by atoms with Crippen LogP contribution >= 0.6 is 0 Å². The zero-order chi connectivity index (χ0) is 12.8. The Kier molecular flexibility index (Phi) is 5.87. The fourth-order valence-corrected chi connectivity index (χ4v) is 1.26. The molecule has 0 rings (SSSR count). The van der Waals surface area contributed by atoms with Crippen molar-refractivity contribution in [3.8, 4) is 0 Å². The van der Waals surface area contributed by atoms with Crippen LogP contribution < -0.4 is 0 Å². The molecule has 1 heteroatoms. The summed E-state index contributed by atoms with van der Waals surface area (Å²) in [5.41, 5.74) is 3.26. The molecule has 90 valence electrons. The van der Waals surface area contributed by atoms with Gasteiger partial charge in [-0.05, 0) is 32.4 Å². The quantitative estimate of drug-likeness (QED) is 0.274. The highest BCUT2D eigenvalue weighted by molar-refractivity contribution is 5.33. The van der Waals surface area contributed by atoms with E-state index in [9.17, 15) is 0 Å². The van der Waals surface area contributed by atoms with E-state index in [4.69, 9.17) is 4.74 Å². The van der Waals surface area contributed by atoms with E-state index in [0.717, 1.165) is 11.1 Å². The Hall–Kier alpha value is -1.24. The molecule has 0 saturated carbocycles. The zero-order valence-corrected chi connectivity index (χ0v) is 11.3. The number of rotatable bonds is 6. The first-order valence-corrected chi connectivity index (χ1v) is 5.56. The van der Waals surface area contributed by atoms with Crippen molar-refractivity contribution in [3.05, 3.63) is 48.3 Å². The number of hydrogen-bond donors (Lipinski definition) is 0. The maximum absolute atomic E-state index is 5.51. The van der Waals surface area contributed by atoms with Gasteiger partial charge >= 0.3 is 0 Å². The lowest BCUT2D eigenvalue weighted by Gasteiger charge is -2.24. The van der Waals surface area contributed by atoms with E-state index in [1.54, 1.807) is 6.26 Å². The van der Waals surface area contributed by atoms with E-state index in [1.165, 1.54) is 5.57 Å². The summed E-state index contributed by atoms with van der Waals surface area (Å²) < 4.78 is 5.51. The van der Waals surface area contributed by atoms with E-state index in [0.29, 0.717) is 6.61 Å². The molecule has 0 aromatic carbocycles. The van der Waals surface area contributed by atoms with Gasteiger partial charge in [0.25, 0.3) is 0 Å². The van der Waals surface area contributed by atoms with E-state index < -0.39 is 0 Å². The molecule has 1 nitrogen and oxygen atoms in total. The predicted molar refractivity (Wildman–Crippen MR) is 72.3 cm³/mol. The minimum atomic E-state index is -0.100. The topological polar surface area (TPSA) is 9.23 Å². The lowest BCUT2D eigenvalue weighted by atomic mass is 9.82. The second-order valence-corrected chi connectivity index (χ2v) is 4.85. The van der Waals surface area contributed by atoms with Gasteiger partial charge in [0.1, 0.15) is 6.61 Å². The lowest BCUT2D eigenvalue weighted by Crippen LogP contribution is -2.12. The van der Waals surface area contributed by atoms with Crippen LogP contribution in [0.15, 0.2) is 48.3 Å². The summed E-state index contributed by atoms with van der Waals surface area (Å²) in [5.74, 6) is 0. The first-order valence-electron chi connectivity index (χ1n) is 5.56. The molecule has 0 amide bonds. The zero-order valence-electron chi connectivity index (χ0n) is 11.3. The summed E-state index contributed by atoms with van der Waals surface area (Å²) in [6.45, 7) is 18.7. The molecule has 0 unspecified atom stereocenters. The Morgan fingerprint density at radius 3 is 2.19 bits per heavy atom. The van der Waals surface area contributed by atoms with Crippen molar-refractivity contribution in [1.82, 2.24) is 0 Å². The number of allylic oxidation sites excluding steroid dienone is 4. The normalized spacial score (nSPS) is 11.9. The molecule has 16 heavy (non-hydrogen) atoms. The molecule has 0 saturated heterocycles. The predicted octanol–water partition coefficient (Wildman–Crippen LogP) is 4.64. The Labute approximate surface area is 100 Å². The molecule has 0 aliphatic heterocycles. The van der Waals surface area contributed by atoms with Crippen LogP contribution in [0.25, 0.3) is 0 Å². The molecule has 0 heterocycles.